The first kappa shape index (κ1) is 16.6. The van der Waals surface area contributed by atoms with Crippen molar-refractivity contribution in [2.24, 2.45) is 0 Å². The minimum absolute atomic E-state index is 0.00442. The number of benzene rings is 1. The molecule has 3 aromatic rings. The van der Waals surface area contributed by atoms with Crippen molar-refractivity contribution < 1.29 is 18.3 Å². The van der Waals surface area contributed by atoms with Gasteiger partial charge < -0.3 is 14.1 Å². The summed E-state index contributed by atoms with van der Waals surface area (Å²) in [6.07, 6.45) is 4.68. The fourth-order valence-electron chi connectivity index (χ4n) is 2.07. The van der Waals surface area contributed by atoms with Crippen molar-refractivity contribution in [3.05, 3.63) is 60.6 Å². The van der Waals surface area contributed by atoms with Gasteiger partial charge in [0.05, 0.1) is 6.20 Å². The molecule has 25 heavy (non-hydrogen) atoms. The summed E-state index contributed by atoms with van der Waals surface area (Å²) in [7, 11) is 1.69. The Hall–Kier alpha value is -3.29. The minimum atomic E-state index is -0.462. The van der Waals surface area contributed by atoms with Crippen LogP contribution in [0.3, 0.4) is 0 Å². The lowest BCUT2D eigenvalue weighted by Crippen LogP contribution is -2.28. The van der Waals surface area contributed by atoms with E-state index in [4.69, 9.17) is 9.15 Å². The number of carbonyl (C=O) groups excluding carboxylic acids is 1. The number of nitrogens with zero attached hydrogens (tertiary/aromatic N) is 4. The smallest absolute Gasteiger partial charge is 0.326 e. The van der Waals surface area contributed by atoms with Crippen molar-refractivity contribution in [2.75, 3.05) is 18.5 Å². The number of anilines is 1. The minimum Gasteiger partial charge on any atom is -0.454 e. The molecule has 0 amide bonds. The highest BCUT2D eigenvalue weighted by molar-refractivity contribution is 5.74. The average molecular weight is 342 g/mol. The summed E-state index contributed by atoms with van der Waals surface area (Å²) in [5, 5.41) is 0. The third-order valence-corrected chi connectivity index (χ3v) is 3.30. The molecule has 0 saturated heterocycles. The van der Waals surface area contributed by atoms with E-state index in [0.717, 1.165) is 0 Å². The van der Waals surface area contributed by atoms with Crippen molar-refractivity contribution in [1.82, 2.24) is 15.0 Å². The zero-order valence-corrected chi connectivity index (χ0v) is 13.4. The van der Waals surface area contributed by atoms with Gasteiger partial charge in [0.25, 0.3) is 0 Å². The van der Waals surface area contributed by atoms with Gasteiger partial charge >= 0.3 is 5.97 Å². The molecule has 0 atom stereocenters. The van der Waals surface area contributed by atoms with Crippen LogP contribution in [-0.4, -0.2) is 34.5 Å². The Morgan fingerprint density at radius 1 is 1.20 bits per heavy atom. The molecule has 0 N–H and O–H groups in total. The number of oxazole rings is 1. The molecule has 3 rings (SSSR count). The zero-order chi connectivity index (χ0) is 17.6. The normalized spacial score (nSPS) is 10.5. The SMILES string of the molecule is CN(CC(=O)OCc1ncc(-c2ccc(F)cc2)o1)c1ncccn1. The highest BCUT2D eigenvalue weighted by Crippen LogP contribution is 2.20. The summed E-state index contributed by atoms with van der Waals surface area (Å²) in [5.74, 6) is 0.363. The largest absolute Gasteiger partial charge is 0.454 e. The topological polar surface area (TPSA) is 81.4 Å². The Labute approximate surface area is 143 Å². The van der Waals surface area contributed by atoms with E-state index in [0.29, 0.717) is 17.3 Å². The van der Waals surface area contributed by atoms with Crippen LogP contribution in [0.4, 0.5) is 10.3 Å². The van der Waals surface area contributed by atoms with Crippen LogP contribution in [0.25, 0.3) is 11.3 Å². The lowest BCUT2D eigenvalue weighted by Gasteiger charge is -2.14. The summed E-state index contributed by atoms with van der Waals surface area (Å²) >= 11 is 0. The summed E-state index contributed by atoms with van der Waals surface area (Å²) in [5.41, 5.74) is 0.687. The fraction of sp³-hybridized carbons (Fsp3) is 0.176. The van der Waals surface area contributed by atoms with Crippen LogP contribution in [0.15, 0.2) is 53.3 Å². The van der Waals surface area contributed by atoms with Crippen molar-refractivity contribution in [3.8, 4) is 11.3 Å². The zero-order valence-electron chi connectivity index (χ0n) is 13.4. The lowest BCUT2D eigenvalue weighted by molar-refractivity contribution is -0.143. The molecule has 0 spiro atoms. The van der Waals surface area contributed by atoms with E-state index < -0.39 is 5.97 Å². The quantitative estimate of drug-likeness (QED) is 0.636. The number of rotatable bonds is 6. The van der Waals surface area contributed by atoms with Crippen molar-refractivity contribution in [2.45, 2.75) is 6.61 Å². The second kappa shape index (κ2) is 7.52. The second-order valence-electron chi connectivity index (χ2n) is 5.19. The number of ether oxygens (including phenoxy) is 1. The van der Waals surface area contributed by atoms with E-state index in [2.05, 4.69) is 15.0 Å². The van der Waals surface area contributed by atoms with Gasteiger partial charge in [0, 0.05) is 25.0 Å². The predicted molar refractivity (Wildman–Crippen MR) is 87.0 cm³/mol. The van der Waals surface area contributed by atoms with Crippen molar-refractivity contribution in [1.29, 1.82) is 0 Å². The van der Waals surface area contributed by atoms with Gasteiger partial charge in [0.2, 0.25) is 11.8 Å². The Bertz CT molecular complexity index is 837. The molecular formula is C17H15FN4O3. The summed E-state index contributed by atoms with van der Waals surface area (Å²) in [6, 6.07) is 7.52. The molecule has 7 nitrogen and oxygen atoms in total. The Morgan fingerprint density at radius 3 is 2.64 bits per heavy atom. The third kappa shape index (κ3) is 4.37. The van der Waals surface area contributed by atoms with Crippen LogP contribution in [0, 0.1) is 5.82 Å². The van der Waals surface area contributed by atoms with Crippen LogP contribution >= 0.6 is 0 Å². The molecule has 0 aliphatic rings. The summed E-state index contributed by atoms with van der Waals surface area (Å²) < 4.78 is 23.6. The number of hydrogen-bond donors (Lipinski definition) is 0. The number of aromatic nitrogens is 3. The first-order valence-corrected chi connectivity index (χ1v) is 7.46. The monoisotopic (exact) mass is 342 g/mol. The van der Waals surface area contributed by atoms with Gasteiger partial charge in [-0.3, -0.25) is 4.79 Å². The van der Waals surface area contributed by atoms with E-state index >= 15 is 0 Å². The third-order valence-electron chi connectivity index (χ3n) is 3.30. The van der Waals surface area contributed by atoms with Crippen molar-refractivity contribution in [3.63, 3.8) is 0 Å². The first-order valence-electron chi connectivity index (χ1n) is 7.46. The molecular weight excluding hydrogens is 327 g/mol. The van der Waals surface area contributed by atoms with Crippen LogP contribution in [-0.2, 0) is 16.1 Å². The van der Waals surface area contributed by atoms with E-state index in [-0.39, 0.29) is 24.9 Å². The first-order chi connectivity index (χ1) is 12.1. The summed E-state index contributed by atoms with van der Waals surface area (Å²) in [4.78, 5) is 25.6. The number of likely N-dealkylation sites (N-methyl/N-ethyl adjacent to an activating group) is 1. The maximum absolute atomic E-state index is 12.9. The van der Waals surface area contributed by atoms with E-state index in [9.17, 15) is 9.18 Å². The molecule has 0 saturated carbocycles. The second-order valence-corrected chi connectivity index (χ2v) is 5.19. The van der Waals surface area contributed by atoms with E-state index in [1.807, 2.05) is 0 Å². The Morgan fingerprint density at radius 2 is 1.92 bits per heavy atom. The number of halogens is 1. The van der Waals surface area contributed by atoms with Gasteiger partial charge in [-0.15, -0.1) is 0 Å². The number of carbonyl (C=O) groups is 1. The lowest BCUT2D eigenvalue weighted by atomic mass is 10.2. The Kier molecular flexibility index (Phi) is 4.98. The highest BCUT2D eigenvalue weighted by Gasteiger charge is 2.13. The fourth-order valence-corrected chi connectivity index (χ4v) is 2.07. The van der Waals surface area contributed by atoms with Crippen LogP contribution < -0.4 is 4.90 Å². The molecule has 1 aromatic carbocycles. The van der Waals surface area contributed by atoms with Crippen LogP contribution in [0.1, 0.15) is 5.89 Å². The predicted octanol–water partition coefficient (Wildman–Crippen LogP) is 2.45. The van der Waals surface area contributed by atoms with Gasteiger partial charge in [0.1, 0.15) is 12.4 Å². The maximum Gasteiger partial charge on any atom is 0.326 e. The van der Waals surface area contributed by atoms with Crippen LogP contribution in [0.5, 0.6) is 0 Å². The van der Waals surface area contributed by atoms with E-state index in [1.54, 1.807) is 42.5 Å². The molecule has 0 radical (unpaired) electrons. The molecule has 0 aliphatic carbocycles. The average Bonchev–Trinajstić information content (AvgIpc) is 3.10. The molecule has 2 heterocycles. The molecule has 0 aliphatic heterocycles. The molecule has 0 fully saturated rings. The standard InChI is InChI=1S/C17H15FN4O3/c1-22(17-19-7-2-8-20-17)10-16(23)24-11-15-21-9-14(25-15)12-3-5-13(18)6-4-12/h2-9H,10-11H2,1H3. The molecule has 2 aromatic heterocycles. The maximum atomic E-state index is 12.9. The highest BCUT2D eigenvalue weighted by atomic mass is 19.1. The van der Waals surface area contributed by atoms with Gasteiger partial charge in [0.15, 0.2) is 12.4 Å². The molecule has 8 heteroatoms. The summed E-state index contributed by atoms with van der Waals surface area (Å²) in [6.45, 7) is -0.0982. The van der Waals surface area contributed by atoms with Gasteiger partial charge in [-0.25, -0.2) is 19.3 Å². The number of hydrogen-bond acceptors (Lipinski definition) is 7. The van der Waals surface area contributed by atoms with Gasteiger partial charge in [-0.1, -0.05) is 0 Å². The van der Waals surface area contributed by atoms with Gasteiger partial charge in [-0.2, -0.15) is 0 Å². The van der Waals surface area contributed by atoms with Crippen molar-refractivity contribution >= 4 is 11.9 Å². The molecule has 0 unspecified atom stereocenters. The molecule has 128 valence electrons. The Balaban J connectivity index is 1.53. The van der Waals surface area contributed by atoms with Gasteiger partial charge in [-0.05, 0) is 30.3 Å². The van der Waals surface area contributed by atoms with E-state index in [1.165, 1.54) is 18.3 Å². The van der Waals surface area contributed by atoms with Crippen LogP contribution in [0.2, 0.25) is 0 Å². The number of esters is 1. The molecule has 0 bridgehead atoms.